The summed E-state index contributed by atoms with van der Waals surface area (Å²) in [5.41, 5.74) is 0. The maximum absolute atomic E-state index is 10.4. The van der Waals surface area contributed by atoms with Crippen molar-refractivity contribution in [2.24, 2.45) is 0 Å². The van der Waals surface area contributed by atoms with Crippen LogP contribution in [0.15, 0.2) is 0 Å². The van der Waals surface area contributed by atoms with E-state index >= 15 is 0 Å². The average molecular weight is 200 g/mol. The molecule has 82 valence electrons. The van der Waals surface area contributed by atoms with Gasteiger partial charge in [-0.1, -0.05) is 6.92 Å². The maximum Gasteiger partial charge on any atom is 0.303 e. The molecule has 0 aromatic carbocycles. The Labute approximate surface area is 85.3 Å². The van der Waals surface area contributed by atoms with Crippen molar-refractivity contribution < 1.29 is 9.90 Å². The summed E-state index contributed by atoms with van der Waals surface area (Å²) in [5.74, 6) is -0.700. The summed E-state index contributed by atoms with van der Waals surface area (Å²) in [7, 11) is 0. The fourth-order valence-electron chi connectivity index (χ4n) is 1.93. The zero-order valence-corrected chi connectivity index (χ0v) is 8.99. The van der Waals surface area contributed by atoms with Gasteiger partial charge in [0.25, 0.3) is 0 Å². The second kappa shape index (κ2) is 5.32. The van der Waals surface area contributed by atoms with Gasteiger partial charge < -0.3 is 10.4 Å². The molecular formula is C10H20N2O2. The Morgan fingerprint density at radius 1 is 1.64 bits per heavy atom. The highest BCUT2D eigenvalue weighted by atomic mass is 16.4. The normalized spacial score (nSPS) is 29.0. The summed E-state index contributed by atoms with van der Waals surface area (Å²) in [5, 5.41) is 12.0. The molecule has 0 aromatic heterocycles. The van der Waals surface area contributed by atoms with Gasteiger partial charge in [0.05, 0.1) is 0 Å². The molecule has 0 saturated carbocycles. The number of piperazine rings is 1. The molecule has 14 heavy (non-hydrogen) atoms. The first-order valence-electron chi connectivity index (χ1n) is 5.32. The van der Waals surface area contributed by atoms with E-state index in [9.17, 15) is 4.79 Å². The Kier molecular flexibility index (Phi) is 4.35. The van der Waals surface area contributed by atoms with Crippen LogP contribution < -0.4 is 5.32 Å². The number of hydrogen-bond donors (Lipinski definition) is 2. The molecular weight excluding hydrogens is 180 g/mol. The Bertz CT molecular complexity index is 197. The maximum atomic E-state index is 10.4. The molecule has 1 rings (SSSR count). The zero-order chi connectivity index (χ0) is 10.6. The number of aliphatic carboxylic acids is 1. The van der Waals surface area contributed by atoms with Crippen LogP contribution >= 0.6 is 0 Å². The zero-order valence-electron chi connectivity index (χ0n) is 8.99. The van der Waals surface area contributed by atoms with E-state index in [4.69, 9.17) is 5.11 Å². The molecule has 0 spiro atoms. The van der Waals surface area contributed by atoms with Crippen LogP contribution in [0.3, 0.4) is 0 Å². The van der Waals surface area contributed by atoms with Crippen molar-refractivity contribution in [2.45, 2.75) is 38.8 Å². The predicted octanol–water partition coefficient (Wildman–Crippen LogP) is 0.533. The predicted molar refractivity (Wildman–Crippen MR) is 55.4 cm³/mol. The van der Waals surface area contributed by atoms with Gasteiger partial charge in [0, 0.05) is 31.6 Å². The lowest BCUT2D eigenvalue weighted by molar-refractivity contribution is -0.137. The van der Waals surface area contributed by atoms with Gasteiger partial charge >= 0.3 is 5.97 Å². The SMILES string of the molecule is CCN1CC(CCC(=O)O)NCC1C. The molecule has 4 nitrogen and oxygen atoms in total. The van der Waals surface area contributed by atoms with E-state index in [2.05, 4.69) is 24.1 Å². The van der Waals surface area contributed by atoms with E-state index in [1.54, 1.807) is 0 Å². The van der Waals surface area contributed by atoms with E-state index < -0.39 is 5.97 Å². The lowest BCUT2D eigenvalue weighted by Crippen LogP contribution is -2.55. The van der Waals surface area contributed by atoms with E-state index in [1.165, 1.54) is 0 Å². The Balaban J connectivity index is 2.31. The summed E-state index contributed by atoms with van der Waals surface area (Å²) in [6.07, 6.45) is 1.00. The van der Waals surface area contributed by atoms with Gasteiger partial charge in [0.15, 0.2) is 0 Å². The molecule has 0 bridgehead atoms. The second-order valence-electron chi connectivity index (χ2n) is 3.97. The molecule has 1 heterocycles. The minimum atomic E-state index is -0.700. The van der Waals surface area contributed by atoms with Crippen molar-refractivity contribution >= 4 is 5.97 Å². The molecule has 1 aliphatic heterocycles. The summed E-state index contributed by atoms with van der Waals surface area (Å²) >= 11 is 0. The fourth-order valence-corrected chi connectivity index (χ4v) is 1.93. The van der Waals surface area contributed by atoms with Crippen LogP contribution in [0.5, 0.6) is 0 Å². The van der Waals surface area contributed by atoms with Crippen molar-refractivity contribution in [3.05, 3.63) is 0 Å². The number of nitrogens with zero attached hydrogens (tertiary/aromatic N) is 1. The minimum Gasteiger partial charge on any atom is -0.481 e. The summed E-state index contributed by atoms with van der Waals surface area (Å²) in [4.78, 5) is 12.8. The molecule has 1 fully saturated rings. The third-order valence-electron chi connectivity index (χ3n) is 2.89. The molecule has 2 atom stereocenters. The minimum absolute atomic E-state index is 0.267. The summed E-state index contributed by atoms with van der Waals surface area (Å²) in [6.45, 7) is 7.34. The quantitative estimate of drug-likeness (QED) is 0.695. The smallest absolute Gasteiger partial charge is 0.303 e. The third kappa shape index (κ3) is 3.27. The molecule has 0 radical (unpaired) electrons. The van der Waals surface area contributed by atoms with E-state index in [1.807, 2.05) is 0 Å². The van der Waals surface area contributed by atoms with Gasteiger partial charge in [-0.15, -0.1) is 0 Å². The van der Waals surface area contributed by atoms with Gasteiger partial charge in [0.1, 0.15) is 0 Å². The van der Waals surface area contributed by atoms with Gasteiger partial charge in [-0.3, -0.25) is 9.69 Å². The average Bonchev–Trinajstić information content (AvgIpc) is 2.16. The standard InChI is InChI=1S/C10H20N2O2/c1-3-12-7-9(4-5-10(13)14)11-6-8(12)2/h8-9,11H,3-7H2,1-2H3,(H,13,14). The van der Waals surface area contributed by atoms with Crippen LogP contribution in [0.25, 0.3) is 0 Å². The van der Waals surface area contributed by atoms with Crippen molar-refractivity contribution in [1.82, 2.24) is 10.2 Å². The number of nitrogens with one attached hydrogen (secondary N) is 1. The molecule has 2 N–H and O–H groups in total. The monoisotopic (exact) mass is 200 g/mol. The number of hydrogen-bond acceptors (Lipinski definition) is 3. The van der Waals surface area contributed by atoms with Gasteiger partial charge in [-0.05, 0) is 19.9 Å². The van der Waals surface area contributed by atoms with Gasteiger partial charge in [-0.2, -0.15) is 0 Å². The topological polar surface area (TPSA) is 52.6 Å². The number of carboxylic acids is 1. The molecule has 1 aliphatic rings. The highest BCUT2D eigenvalue weighted by Gasteiger charge is 2.23. The van der Waals surface area contributed by atoms with Crippen LogP contribution in [-0.2, 0) is 4.79 Å². The van der Waals surface area contributed by atoms with Crippen molar-refractivity contribution in [3.8, 4) is 0 Å². The highest BCUT2D eigenvalue weighted by molar-refractivity contribution is 5.66. The highest BCUT2D eigenvalue weighted by Crippen LogP contribution is 2.09. The molecule has 0 aromatic rings. The molecule has 4 heteroatoms. The molecule has 2 unspecified atom stereocenters. The Morgan fingerprint density at radius 3 is 2.93 bits per heavy atom. The Hall–Kier alpha value is -0.610. The largest absolute Gasteiger partial charge is 0.481 e. The first kappa shape index (κ1) is 11.5. The summed E-state index contributed by atoms with van der Waals surface area (Å²) < 4.78 is 0. The van der Waals surface area contributed by atoms with E-state index in [-0.39, 0.29) is 6.42 Å². The van der Waals surface area contributed by atoms with Crippen LogP contribution in [0.2, 0.25) is 0 Å². The van der Waals surface area contributed by atoms with E-state index in [0.29, 0.717) is 12.1 Å². The number of carbonyl (C=O) groups is 1. The van der Waals surface area contributed by atoms with Crippen molar-refractivity contribution in [2.75, 3.05) is 19.6 Å². The van der Waals surface area contributed by atoms with Crippen molar-refractivity contribution in [1.29, 1.82) is 0 Å². The first-order chi connectivity index (χ1) is 6.63. The number of likely N-dealkylation sites (N-methyl/N-ethyl adjacent to an activating group) is 1. The Morgan fingerprint density at radius 2 is 2.36 bits per heavy atom. The van der Waals surface area contributed by atoms with Gasteiger partial charge in [0.2, 0.25) is 0 Å². The fraction of sp³-hybridized carbons (Fsp3) is 0.900. The van der Waals surface area contributed by atoms with Crippen LogP contribution in [0, 0.1) is 0 Å². The van der Waals surface area contributed by atoms with Crippen LogP contribution in [-0.4, -0.2) is 47.7 Å². The van der Waals surface area contributed by atoms with Crippen LogP contribution in [0.4, 0.5) is 0 Å². The van der Waals surface area contributed by atoms with Crippen molar-refractivity contribution in [3.63, 3.8) is 0 Å². The molecule has 0 amide bonds. The second-order valence-corrected chi connectivity index (χ2v) is 3.97. The summed E-state index contributed by atoms with van der Waals surface area (Å²) in [6, 6.07) is 0.920. The van der Waals surface area contributed by atoms with Gasteiger partial charge in [-0.25, -0.2) is 0 Å². The number of rotatable bonds is 4. The van der Waals surface area contributed by atoms with Crippen LogP contribution in [0.1, 0.15) is 26.7 Å². The van der Waals surface area contributed by atoms with E-state index in [0.717, 1.165) is 26.1 Å². The first-order valence-corrected chi connectivity index (χ1v) is 5.32. The number of carboxylic acid groups (broad SMARTS) is 1. The third-order valence-corrected chi connectivity index (χ3v) is 2.89. The lowest BCUT2D eigenvalue weighted by Gasteiger charge is -2.38. The molecule has 1 saturated heterocycles. The lowest BCUT2D eigenvalue weighted by atomic mass is 10.1. The molecule has 0 aliphatic carbocycles.